The Labute approximate surface area is 136 Å². The fourth-order valence-electron chi connectivity index (χ4n) is 1.84. The van der Waals surface area contributed by atoms with Crippen molar-refractivity contribution in [2.75, 3.05) is 0 Å². The number of aromatic hydroxyl groups is 1. The molecule has 0 saturated carbocycles. The standard InChI is InChI=1S/C15H17BrN2O2S/c1-8(2)15-18-10(7-21-15)6-17-14(20)11-4-9(3)5-12(16)13(11)19/h4-5,7-8,19H,6H2,1-3H3,(H,17,20). The van der Waals surface area contributed by atoms with Gasteiger partial charge in [-0.3, -0.25) is 4.79 Å². The van der Waals surface area contributed by atoms with Crippen LogP contribution in [0.3, 0.4) is 0 Å². The molecule has 6 heteroatoms. The number of nitrogens with one attached hydrogen (secondary N) is 1. The Bertz CT molecular complexity index is 668. The SMILES string of the molecule is Cc1cc(Br)c(O)c(C(=O)NCc2csc(C(C)C)n2)c1. The van der Waals surface area contributed by atoms with E-state index in [1.165, 1.54) is 0 Å². The first-order valence-corrected chi connectivity index (χ1v) is 8.27. The summed E-state index contributed by atoms with van der Waals surface area (Å²) in [5.41, 5.74) is 2.00. The Morgan fingerprint density at radius 1 is 1.48 bits per heavy atom. The van der Waals surface area contributed by atoms with E-state index in [0.717, 1.165) is 16.3 Å². The number of aryl methyl sites for hydroxylation is 1. The molecular weight excluding hydrogens is 352 g/mol. The van der Waals surface area contributed by atoms with E-state index in [1.807, 2.05) is 12.3 Å². The quantitative estimate of drug-likeness (QED) is 0.857. The monoisotopic (exact) mass is 368 g/mol. The van der Waals surface area contributed by atoms with Crippen LogP contribution >= 0.6 is 27.3 Å². The van der Waals surface area contributed by atoms with Crippen molar-refractivity contribution in [1.29, 1.82) is 0 Å². The molecule has 2 aromatic rings. The lowest BCUT2D eigenvalue weighted by Gasteiger charge is -2.08. The minimum Gasteiger partial charge on any atom is -0.506 e. The molecule has 0 aliphatic carbocycles. The number of amides is 1. The summed E-state index contributed by atoms with van der Waals surface area (Å²) >= 11 is 4.83. The largest absolute Gasteiger partial charge is 0.506 e. The lowest BCUT2D eigenvalue weighted by Crippen LogP contribution is -2.23. The number of benzene rings is 1. The normalized spacial score (nSPS) is 10.9. The van der Waals surface area contributed by atoms with E-state index >= 15 is 0 Å². The van der Waals surface area contributed by atoms with Crippen molar-refractivity contribution in [2.24, 2.45) is 0 Å². The lowest BCUT2D eigenvalue weighted by molar-refractivity contribution is 0.0947. The highest BCUT2D eigenvalue weighted by Gasteiger charge is 2.15. The van der Waals surface area contributed by atoms with Gasteiger partial charge in [0.25, 0.3) is 5.91 Å². The second-order valence-corrected chi connectivity index (χ2v) is 6.90. The van der Waals surface area contributed by atoms with E-state index in [2.05, 4.69) is 40.1 Å². The van der Waals surface area contributed by atoms with Crippen LogP contribution in [0, 0.1) is 6.92 Å². The number of phenols is 1. The molecule has 0 unspecified atom stereocenters. The fourth-order valence-corrected chi connectivity index (χ4v) is 3.25. The maximum absolute atomic E-state index is 12.2. The summed E-state index contributed by atoms with van der Waals surface area (Å²) in [6.07, 6.45) is 0. The molecule has 0 radical (unpaired) electrons. The molecule has 21 heavy (non-hydrogen) atoms. The van der Waals surface area contributed by atoms with Gasteiger partial charge in [0.15, 0.2) is 0 Å². The molecular formula is C15H17BrN2O2S. The highest BCUT2D eigenvalue weighted by atomic mass is 79.9. The maximum Gasteiger partial charge on any atom is 0.255 e. The summed E-state index contributed by atoms with van der Waals surface area (Å²) in [6.45, 7) is 6.40. The zero-order chi connectivity index (χ0) is 15.6. The van der Waals surface area contributed by atoms with Crippen molar-refractivity contribution in [3.05, 3.63) is 43.8 Å². The third kappa shape index (κ3) is 3.83. The van der Waals surface area contributed by atoms with E-state index in [-0.39, 0.29) is 17.2 Å². The molecule has 0 bridgehead atoms. The Morgan fingerprint density at radius 2 is 2.19 bits per heavy atom. The number of thiazole rings is 1. The summed E-state index contributed by atoms with van der Waals surface area (Å²) in [6, 6.07) is 3.43. The Morgan fingerprint density at radius 3 is 2.81 bits per heavy atom. The van der Waals surface area contributed by atoms with Gasteiger partial charge in [-0.2, -0.15) is 0 Å². The zero-order valence-electron chi connectivity index (χ0n) is 12.1. The molecule has 0 saturated heterocycles. The van der Waals surface area contributed by atoms with Gasteiger partial charge in [0, 0.05) is 11.3 Å². The van der Waals surface area contributed by atoms with E-state index in [9.17, 15) is 9.90 Å². The number of rotatable bonds is 4. The van der Waals surface area contributed by atoms with Crippen LogP contribution in [0.4, 0.5) is 0 Å². The van der Waals surface area contributed by atoms with Crippen molar-refractivity contribution in [3.63, 3.8) is 0 Å². The molecule has 0 aliphatic heterocycles. The Hall–Kier alpha value is -1.40. The number of hydrogen-bond acceptors (Lipinski definition) is 4. The summed E-state index contributed by atoms with van der Waals surface area (Å²) in [5.74, 6) is 0.0338. The molecule has 0 aliphatic rings. The smallest absolute Gasteiger partial charge is 0.255 e. The minimum absolute atomic E-state index is 0.0424. The van der Waals surface area contributed by atoms with Gasteiger partial charge in [-0.05, 0) is 40.5 Å². The summed E-state index contributed by atoms with van der Waals surface area (Å²) in [5, 5.41) is 15.7. The van der Waals surface area contributed by atoms with Crippen molar-refractivity contribution in [1.82, 2.24) is 10.3 Å². The molecule has 1 amide bonds. The third-order valence-electron chi connectivity index (χ3n) is 2.95. The Kier molecular flexibility index (Phi) is 5.00. The summed E-state index contributed by atoms with van der Waals surface area (Å²) in [4.78, 5) is 16.6. The first kappa shape index (κ1) is 16.0. The first-order chi connectivity index (χ1) is 9.88. The number of carbonyl (C=O) groups excluding carboxylic acids is 1. The van der Waals surface area contributed by atoms with E-state index < -0.39 is 0 Å². The summed E-state index contributed by atoms with van der Waals surface area (Å²) < 4.78 is 0.517. The highest BCUT2D eigenvalue weighted by molar-refractivity contribution is 9.10. The van der Waals surface area contributed by atoms with Gasteiger partial charge >= 0.3 is 0 Å². The zero-order valence-corrected chi connectivity index (χ0v) is 14.5. The molecule has 2 N–H and O–H groups in total. The van der Waals surface area contributed by atoms with Crippen LogP contribution in [0.25, 0.3) is 0 Å². The first-order valence-electron chi connectivity index (χ1n) is 6.60. The molecule has 0 atom stereocenters. The molecule has 1 heterocycles. The predicted molar refractivity (Wildman–Crippen MR) is 87.9 cm³/mol. The van der Waals surface area contributed by atoms with Crippen LogP contribution in [0.5, 0.6) is 5.75 Å². The average molecular weight is 369 g/mol. The van der Waals surface area contributed by atoms with Gasteiger partial charge in [0.2, 0.25) is 0 Å². The molecule has 4 nitrogen and oxygen atoms in total. The number of nitrogens with zero attached hydrogens (tertiary/aromatic N) is 1. The number of carbonyl (C=O) groups is 1. The number of halogens is 1. The highest BCUT2D eigenvalue weighted by Crippen LogP contribution is 2.29. The number of aromatic nitrogens is 1. The van der Waals surface area contributed by atoms with Crippen molar-refractivity contribution < 1.29 is 9.90 Å². The van der Waals surface area contributed by atoms with Crippen LogP contribution < -0.4 is 5.32 Å². The summed E-state index contributed by atoms with van der Waals surface area (Å²) in [7, 11) is 0. The predicted octanol–water partition coefficient (Wildman–Crippen LogP) is 3.97. The number of hydrogen-bond donors (Lipinski definition) is 2. The molecule has 0 spiro atoms. The molecule has 1 aromatic heterocycles. The van der Waals surface area contributed by atoms with E-state index in [0.29, 0.717) is 16.9 Å². The average Bonchev–Trinajstić information content (AvgIpc) is 2.89. The van der Waals surface area contributed by atoms with Gasteiger partial charge in [0.05, 0.1) is 27.3 Å². The molecule has 2 rings (SSSR count). The van der Waals surface area contributed by atoms with Crippen LogP contribution in [-0.4, -0.2) is 16.0 Å². The second kappa shape index (κ2) is 6.58. The van der Waals surface area contributed by atoms with Gasteiger partial charge in [-0.15, -0.1) is 11.3 Å². The van der Waals surface area contributed by atoms with Gasteiger partial charge in [-0.1, -0.05) is 13.8 Å². The fraction of sp³-hybridized carbons (Fsp3) is 0.333. The molecule has 1 aromatic carbocycles. The van der Waals surface area contributed by atoms with Gasteiger partial charge in [-0.25, -0.2) is 4.98 Å². The topological polar surface area (TPSA) is 62.2 Å². The second-order valence-electron chi connectivity index (χ2n) is 5.16. The molecule has 112 valence electrons. The van der Waals surface area contributed by atoms with Crippen molar-refractivity contribution in [2.45, 2.75) is 33.2 Å². The lowest BCUT2D eigenvalue weighted by atomic mass is 10.1. The van der Waals surface area contributed by atoms with Gasteiger partial charge < -0.3 is 10.4 Å². The minimum atomic E-state index is -0.309. The Balaban J connectivity index is 2.08. The van der Waals surface area contributed by atoms with Crippen molar-refractivity contribution >= 4 is 33.2 Å². The van der Waals surface area contributed by atoms with Crippen LogP contribution in [-0.2, 0) is 6.54 Å². The van der Waals surface area contributed by atoms with Crippen LogP contribution in [0.1, 0.15) is 46.4 Å². The van der Waals surface area contributed by atoms with Crippen LogP contribution in [0.2, 0.25) is 0 Å². The van der Waals surface area contributed by atoms with Crippen molar-refractivity contribution in [3.8, 4) is 5.75 Å². The third-order valence-corrected chi connectivity index (χ3v) is 4.74. The van der Waals surface area contributed by atoms with Gasteiger partial charge in [0.1, 0.15) is 5.75 Å². The van der Waals surface area contributed by atoms with E-state index in [4.69, 9.17) is 0 Å². The number of phenolic OH excluding ortho intramolecular Hbond substituents is 1. The van der Waals surface area contributed by atoms with Crippen LogP contribution in [0.15, 0.2) is 22.0 Å². The maximum atomic E-state index is 12.2. The van der Waals surface area contributed by atoms with E-state index in [1.54, 1.807) is 23.5 Å². The molecule has 0 fully saturated rings.